The average Bonchev–Trinajstić information content (AvgIpc) is 3.00. The number of amides is 1. The molecule has 1 aliphatic heterocycles. The van der Waals surface area contributed by atoms with Crippen LogP contribution in [-0.2, 0) is 4.79 Å². The molecule has 3 rings (SSSR count). The number of carbonyl (C=O) groups is 1. The van der Waals surface area contributed by atoms with Gasteiger partial charge in [-0.25, -0.2) is 0 Å². The zero-order valence-electron chi connectivity index (χ0n) is 11.5. The van der Waals surface area contributed by atoms with Crippen LogP contribution < -0.4 is 4.74 Å². The molecule has 1 amide bonds. The highest BCUT2D eigenvalue weighted by Crippen LogP contribution is 2.38. The predicted octanol–water partition coefficient (Wildman–Crippen LogP) is 2.82. The standard InChI is InChI=1S/C15H17Br2NO3/c16-10-2-4-14(12(17)5-10)21-8-15(20)18-6-9-1-3-13(19)11(9)7-18/h2,4-5,9,11,13,19H,1,3,6-8H2. The molecule has 1 aromatic rings. The molecule has 1 aromatic carbocycles. The minimum Gasteiger partial charge on any atom is -0.483 e. The second kappa shape index (κ2) is 6.26. The third-order valence-corrected chi connectivity index (χ3v) is 5.53. The molecule has 114 valence electrons. The van der Waals surface area contributed by atoms with Crippen molar-refractivity contribution >= 4 is 37.8 Å². The van der Waals surface area contributed by atoms with E-state index in [2.05, 4.69) is 31.9 Å². The van der Waals surface area contributed by atoms with Gasteiger partial charge < -0.3 is 14.7 Å². The van der Waals surface area contributed by atoms with Crippen LogP contribution in [0.4, 0.5) is 0 Å². The van der Waals surface area contributed by atoms with Crippen LogP contribution >= 0.6 is 31.9 Å². The van der Waals surface area contributed by atoms with E-state index in [0.29, 0.717) is 18.2 Å². The van der Waals surface area contributed by atoms with Crippen molar-refractivity contribution in [1.82, 2.24) is 4.90 Å². The van der Waals surface area contributed by atoms with Gasteiger partial charge in [-0.2, -0.15) is 0 Å². The van der Waals surface area contributed by atoms with Gasteiger partial charge in [0.15, 0.2) is 6.61 Å². The summed E-state index contributed by atoms with van der Waals surface area (Å²) in [6, 6.07) is 5.58. The molecule has 4 nitrogen and oxygen atoms in total. The molecule has 0 spiro atoms. The van der Waals surface area contributed by atoms with Crippen LogP contribution in [0.3, 0.4) is 0 Å². The van der Waals surface area contributed by atoms with E-state index >= 15 is 0 Å². The summed E-state index contributed by atoms with van der Waals surface area (Å²) < 4.78 is 7.36. The number of aliphatic hydroxyl groups excluding tert-OH is 1. The van der Waals surface area contributed by atoms with Gasteiger partial charge in [-0.1, -0.05) is 15.9 Å². The molecule has 1 saturated carbocycles. The summed E-state index contributed by atoms with van der Waals surface area (Å²) in [5.74, 6) is 1.37. The minimum absolute atomic E-state index is 0.00795. The lowest BCUT2D eigenvalue weighted by molar-refractivity contribution is -0.132. The molecule has 1 heterocycles. The van der Waals surface area contributed by atoms with Gasteiger partial charge in [0.1, 0.15) is 5.75 Å². The van der Waals surface area contributed by atoms with Gasteiger partial charge in [0.2, 0.25) is 0 Å². The van der Waals surface area contributed by atoms with Crippen molar-refractivity contribution in [1.29, 1.82) is 0 Å². The monoisotopic (exact) mass is 417 g/mol. The number of rotatable bonds is 3. The molecule has 6 heteroatoms. The summed E-state index contributed by atoms with van der Waals surface area (Å²) in [6.07, 6.45) is 1.66. The number of halogens is 2. The zero-order valence-corrected chi connectivity index (χ0v) is 14.6. The van der Waals surface area contributed by atoms with E-state index in [-0.39, 0.29) is 24.5 Å². The van der Waals surface area contributed by atoms with Gasteiger partial charge in [-0.05, 0) is 52.9 Å². The molecule has 0 bridgehead atoms. The van der Waals surface area contributed by atoms with Gasteiger partial charge >= 0.3 is 0 Å². The van der Waals surface area contributed by atoms with Gasteiger partial charge in [0, 0.05) is 23.5 Å². The largest absolute Gasteiger partial charge is 0.483 e. The Labute approximate surface area is 140 Å². The quantitative estimate of drug-likeness (QED) is 0.820. The van der Waals surface area contributed by atoms with Crippen LogP contribution in [-0.4, -0.2) is 41.7 Å². The van der Waals surface area contributed by atoms with Crippen molar-refractivity contribution in [3.05, 3.63) is 27.1 Å². The summed E-state index contributed by atoms with van der Waals surface area (Å²) in [5.41, 5.74) is 0. The Morgan fingerprint density at radius 2 is 2.14 bits per heavy atom. The summed E-state index contributed by atoms with van der Waals surface area (Å²) in [5, 5.41) is 9.89. The molecule has 0 aromatic heterocycles. The molecule has 0 radical (unpaired) electrons. The first kappa shape index (κ1) is 15.3. The van der Waals surface area contributed by atoms with Crippen molar-refractivity contribution < 1.29 is 14.6 Å². The average molecular weight is 419 g/mol. The van der Waals surface area contributed by atoms with E-state index in [1.54, 1.807) is 0 Å². The molecule has 1 N–H and O–H groups in total. The second-order valence-corrected chi connectivity index (χ2v) is 7.50. The second-order valence-electron chi connectivity index (χ2n) is 5.73. The number of carbonyl (C=O) groups excluding carboxylic acids is 1. The van der Waals surface area contributed by atoms with E-state index in [1.165, 1.54) is 0 Å². The van der Waals surface area contributed by atoms with Crippen LogP contribution in [0.1, 0.15) is 12.8 Å². The Hall–Kier alpha value is -0.590. The molecular weight excluding hydrogens is 402 g/mol. The predicted molar refractivity (Wildman–Crippen MR) is 86.1 cm³/mol. The van der Waals surface area contributed by atoms with Gasteiger partial charge in [-0.3, -0.25) is 4.79 Å². The van der Waals surface area contributed by atoms with Gasteiger partial charge in [0.05, 0.1) is 10.6 Å². The molecule has 1 aliphatic carbocycles. The van der Waals surface area contributed by atoms with Crippen LogP contribution in [0, 0.1) is 11.8 Å². The third-order valence-electron chi connectivity index (χ3n) is 4.42. The number of nitrogens with zero attached hydrogens (tertiary/aromatic N) is 1. The molecule has 3 unspecified atom stereocenters. The number of benzene rings is 1. The molecule has 3 atom stereocenters. The first-order valence-electron chi connectivity index (χ1n) is 7.08. The molecule has 2 fully saturated rings. The Bertz CT molecular complexity index is 552. The van der Waals surface area contributed by atoms with E-state index < -0.39 is 0 Å². The van der Waals surface area contributed by atoms with E-state index in [9.17, 15) is 9.90 Å². The molecule has 1 saturated heterocycles. The normalized spacial score (nSPS) is 27.8. The van der Waals surface area contributed by atoms with Crippen molar-refractivity contribution in [3.63, 3.8) is 0 Å². The number of hydrogen-bond donors (Lipinski definition) is 1. The fourth-order valence-corrected chi connectivity index (χ4v) is 4.42. The Morgan fingerprint density at radius 1 is 1.33 bits per heavy atom. The Balaban J connectivity index is 1.55. The lowest BCUT2D eigenvalue weighted by Gasteiger charge is -2.19. The third kappa shape index (κ3) is 3.27. The maximum Gasteiger partial charge on any atom is 0.260 e. The van der Waals surface area contributed by atoms with Crippen LogP contribution in [0.25, 0.3) is 0 Å². The van der Waals surface area contributed by atoms with E-state index in [1.807, 2.05) is 23.1 Å². The summed E-state index contributed by atoms with van der Waals surface area (Å²) in [4.78, 5) is 14.1. The SMILES string of the molecule is O=C(COc1ccc(Br)cc1Br)N1CC2CCC(O)C2C1. The molecule has 2 aliphatic rings. The lowest BCUT2D eigenvalue weighted by atomic mass is 10.00. The summed E-state index contributed by atoms with van der Waals surface area (Å²) in [6.45, 7) is 1.46. The van der Waals surface area contributed by atoms with Crippen LogP contribution in [0.15, 0.2) is 27.1 Å². The fraction of sp³-hybridized carbons (Fsp3) is 0.533. The number of aliphatic hydroxyl groups is 1. The number of fused-ring (bicyclic) bond motifs is 1. The lowest BCUT2D eigenvalue weighted by Crippen LogP contribution is -2.34. The van der Waals surface area contributed by atoms with Crippen molar-refractivity contribution in [2.24, 2.45) is 11.8 Å². The first-order valence-corrected chi connectivity index (χ1v) is 8.67. The molecular formula is C15H17Br2NO3. The minimum atomic E-state index is -0.241. The fourth-order valence-electron chi connectivity index (χ4n) is 3.26. The number of hydrogen-bond acceptors (Lipinski definition) is 3. The maximum absolute atomic E-state index is 12.2. The summed E-state index contributed by atoms with van der Waals surface area (Å²) in [7, 11) is 0. The Kier molecular flexibility index (Phi) is 4.57. The highest BCUT2D eigenvalue weighted by molar-refractivity contribution is 9.11. The Morgan fingerprint density at radius 3 is 2.86 bits per heavy atom. The first-order chi connectivity index (χ1) is 10.0. The van der Waals surface area contributed by atoms with Crippen LogP contribution in [0.2, 0.25) is 0 Å². The van der Waals surface area contributed by atoms with Crippen LogP contribution in [0.5, 0.6) is 5.75 Å². The number of ether oxygens (including phenoxy) is 1. The van der Waals surface area contributed by atoms with Gasteiger partial charge in [-0.15, -0.1) is 0 Å². The van der Waals surface area contributed by atoms with E-state index in [0.717, 1.165) is 28.3 Å². The zero-order chi connectivity index (χ0) is 15.0. The molecule has 21 heavy (non-hydrogen) atoms. The van der Waals surface area contributed by atoms with Crippen molar-refractivity contribution in [2.75, 3.05) is 19.7 Å². The summed E-state index contributed by atoms with van der Waals surface area (Å²) >= 11 is 6.79. The van der Waals surface area contributed by atoms with E-state index in [4.69, 9.17) is 4.74 Å². The topological polar surface area (TPSA) is 49.8 Å². The van der Waals surface area contributed by atoms with Crippen molar-refractivity contribution in [3.8, 4) is 5.75 Å². The smallest absolute Gasteiger partial charge is 0.260 e. The van der Waals surface area contributed by atoms with Gasteiger partial charge in [0.25, 0.3) is 5.91 Å². The van der Waals surface area contributed by atoms with Crippen molar-refractivity contribution in [2.45, 2.75) is 18.9 Å². The highest BCUT2D eigenvalue weighted by Gasteiger charge is 2.43. The highest BCUT2D eigenvalue weighted by atomic mass is 79.9. The number of likely N-dealkylation sites (tertiary alicyclic amines) is 1. The maximum atomic E-state index is 12.2.